The standard InChI is InChI=1S/C37H77N.3C6F5.C4F9O.Al/c1-4-6-8-10-12-14-16-18-20-22-24-26-28-30-32-34-36-38(3)37-35-33-31-29-27-25-23-21-19-17-15-13-11-9-7-5-2;3*7-2-1-3(8)5(10)6(11)4(2)9;5-2(6,7)1(14,3(8,9)10)4(11,12)13;/h4-37H2,1-3H3;;;;;/q;;;;-1;/p+1. The highest BCUT2D eigenvalue weighted by Gasteiger charge is 2.85. The summed E-state index contributed by atoms with van der Waals surface area (Å²) in [5.41, 5.74) is -8.53. The molecule has 0 aliphatic heterocycles. The highest BCUT2D eigenvalue weighted by atomic mass is 27.3. The molecular formula is C59H78AlF24NO. The smallest absolute Gasteiger partial charge is 0.430 e. The summed E-state index contributed by atoms with van der Waals surface area (Å²) in [5, 5.41) is 0. The minimum absolute atomic E-state index is 1.37. The lowest BCUT2D eigenvalue weighted by Crippen LogP contribution is -3.09. The minimum Gasteiger partial charge on any atom is -0.623 e. The van der Waals surface area contributed by atoms with Crippen LogP contribution in [-0.4, -0.2) is 57.7 Å². The first kappa shape index (κ1) is 78.5. The maximum absolute atomic E-state index is 15.2. The number of nitrogens with one attached hydrogen (secondary N) is 1. The summed E-state index contributed by atoms with van der Waals surface area (Å²) >= 11 is -10.3. The van der Waals surface area contributed by atoms with Crippen LogP contribution in [0.4, 0.5) is 105 Å². The minimum atomic E-state index is -10.3. The second-order valence-corrected chi connectivity index (χ2v) is 25.6. The molecule has 0 unspecified atom stereocenters. The van der Waals surface area contributed by atoms with Crippen LogP contribution in [0.1, 0.15) is 219 Å². The zero-order valence-electron chi connectivity index (χ0n) is 48.6. The molecule has 0 aromatic heterocycles. The van der Waals surface area contributed by atoms with Crippen LogP contribution in [0.3, 0.4) is 0 Å². The van der Waals surface area contributed by atoms with Crippen molar-refractivity contribution in [3.05, 3.63) is 87.3 Å². The predicted octanol–water partition coefficient (Wildman–Crippen LogP) is 19.2. The number of hydrogen-bond donors (Lipinski definition) is 1. The van der Waals surface area contributed by atoms with Crippen molar-refractivity contribution in [2.75, 3.05) is 20.1 Å². The number of hydrogen-bond acceptors (Lipinski definition) is 1. The first-order chi connectivity index (χ1) is 40.3. The van der Waals surface area contributed by atoms with Gasteiger partial charge in [0, 0.05) is 0 Å². The Morgan fingerprint density at radius 2 is 0.407 bits per heavy atom. The van der Waals surface area contributed by atoms with E-state index in [1.165, 1.54) is 219 Å². The van der Waals surface area contributed by atoms with Gasteiger partial charge in [-0.25, -0.2) is 65.9 Å². The topological polar surface area (TPSA) is 13.7 Å². The molecule has 0 fully saturated rings. The fourth-order valence-electron chi connectivity index (χ4n) is 10.6. The molecule has 2 nitrogen and oxygen atoms in total. The summed E-state index contributed by atoms with van der Waals surface area (Å²) in [6, 6.07) is 0. The highest BCUT2D eigenvalue weighted by molar-refractivity contribution is 7.07. The van der Waals surface area contributed by atoms with Gasteiger partial charge in [-0.2, -0.15) is 39.5 Å². The zero-order valence-corrected chi connectivity index (χ0v) is 49.8. The summed E-state index contributed by atoms with van der Waals surface area (Å²) in [6.07, 6.45) is 21.7. The van der Waals surface area contributed by atoms with Crippen LogP contribution in [0.5, 0.6) is 0 Å². The van der Waals surface area contributed by atoms with Crippen molar-refractivity contribution < 1.29 is 114 Å². The number of unbranched alkanes of at least 4 members (excludes halogenated alkanes) is 30. The largest absolute Gasteiger partial charge is 0.623 e. The molecule has 0 bridgehead atoms. The van der Waals surface area contributed by atoms with E-state index in [1.54, 1.807) is 4.90 Å². The lowest BCUT2D eigenvalue weighted by atomic mass is 10.0. The van der Waals surface area contributed by atoms with Gasteiger partial charge in [-0.05, 0) is 25.7 Å². The third-order valence-corrected chi connectivity index (χ3v) is 20.1. The predicted molar refractivity (Wildman–Crippen MR) is 281 cm³/mol. The van der Waals surface area contributed by atoms with Crippen LogP contribution in [0, 0.1) is 87.3 Å². The van der Waals surface area contributed by atoms with Gasteiger partial charge in [-0.1, -0.05) is 194 Å². The molecule has 0 amide bonds. The average Bonchev–Trinajstić information content (AvgIpc) is 0.687. The van der Waals surface area contributed by atoms with E-state index in [4.69, 9.17) is 0 Å². The molecule has 0 saturated carbocycles. The van der Waals surface area contributed by atoms with Crippen molar-refractivity contribution in [3.8, 4) is 0 Å². The van der Waals surface area contributed by atoms with Gasteiger partial charge >= 0.3 is 37.5 Å². The van der Waals surface area contributed by atoms with Gasteiger partial charge in [-0.15, -0.1) is 13.3 Å². The second-order valence-electron chi connectivity index (χ2n) is 22.1. The van der Waals surface area contributed by atoms with Gasteiger partial charge in [0.05, 0.1) is 20.1 Å². The van der Waals surface area contributed by atoms with Crippen LogP contribution in [-0.2, 0) is 3.79 Å². The molecule has 3 rings (SSSR count). The van der Waals surface area contributed by atoms with Crippen LogP contribution < -0.4 is 18.2 Å². The third-order valence-electron chi connectivity index (χ3n) is 15.4. The fraction of sp³-hybridized carbons (Fsp3) is 0.695. The fourth-order valence-corrected chi connectivity index (χ4v) is 15.6. The van der Waals surface area contributed by atoms with E-state index < -0.39 is 138 Å². The van der Waals surface area contributed by atoms with Crippen molar-refractivity contribution in [2.45, 2.75) is 243 Å². The molecular weight excluding hydrogens is 1220 g/mol. The second kappa shape index (κ2) is 37.6. The quantitative estimate of drug-likeness (QED) is 0.0198. The summed E-state index contributed by atoms with van der Waals surface area (Å²) in [4.78, 5) is 1.78. The average molecular weight is 1300 g/mol. The molecule has 0 atom stereocenters. The third kappa shape index (κ3) is 21.0. The molecule has 0 radical (unpaired) electrons. The van der Waals surface area contributed by atoms with E-state index in [9.17, 15) is 79.0 Å². The Morgan fingerprint density at radius 3 is 0.570 bits per heavy atom. The molecule has 0 saturated heterocycles. The van der Waals surface area contributed by atoms with Gasteiger partial charge in [0.25, 0.3) is 0 Å². The molecule has 0 spiro atoms. The number of quaternary nitrogens is 1. The Labute approximate surface area is 490 Å². The number of halogens is 24. The normalized spacial score (nSPS) is 12.7. The van der Waals surface area contributed by atoms with Crippen LogP contribution >= 0.6 is 0 Å². The molecule has 86 heavy (non-hydrogen) atoms. The lowest BCUT2D eigenvalue weighted by Gasteiger charge is -2.51. The SMILES string of the molecule is CCCCCCCCCCCCCCCCCC[NH+](C)CCCCCCCCCCCCCCCCCC.Fc1c(F)c(F)[c]([Al-]([O]C(C(F)(F)F)(C(F)(F)F)C(F)(F)F)([c]2c(F)c(F)c(F)c(F)c2F)[c]2c(F)c(F)c(F)c(F)c2F)c(F)c1F. The molecule has 0 aliphatic carbocycles. The maximum atomic E-state index is 15.2. The molecule has 1 N–H and O–H groups in total. The van der Waals surface area contributed by atoms with Crippen molar-refractivity contribution in [1.82, 2.24) is 0 Å². The van der Waals surface area contributed by atoms with Gasteiger partial charge in [0.15, 0.2) is 52.4 Å². The van der Waals surface area contributed by atoms with Crippen LogP contribution in [0.2, 0.25) is 0 Å². The van der Waals surface area contributed by atoms with E-state index in [-0.39, 0.29) is 0 Å². The van der Waals surface area contributed by atoms with Crippen molar-refractivity contribution in [3.63, 3.8) is 0 Å². The monoisotopic (exact) mass is 1300 g/mol. The van der Waals surface area contributed by atoms with Crippen molar-refractivity contribution >= 4 is 26.7 Å². The Hall–Kier alpha value is -3.57. The van der Waals surface area contributed by atoms with E-state index in [1.807, 2.05) is 0 Å². The van der Waals surface area contributed by atoms with E-state index >= 15 is 26.3 Å². The van der Waals surface area contributed by atoms with Gasteiger partial charge in [0.1, 0.15) is 34.9 Å². The van der Waals surface area contributed by atoms with Gasteiger partial charge in [0.2, 0.25) is 0 Å². The van der Waals surface area contributed by atoms with Crippen LogP contribution in [0.25, 0.3) is 0 Å². The number of benzene rings is 3. The van der Waals surface area contributed by atoms with Crippen molar-refractivity contribution in [2.24, 2.45) is 0 Å². The Balaban J connectivity index is 0.000000605. The van der Waals surface area contributed by atoms with Crippen molar-refractivity contribution in [1.29, 1.82) is 0 Å². The summed E-state index contributed by atoms with van der Waals surface area (Å²) in [7, 11) is 2.43. The molecule has 3 aromatic carbocycles. The molecule has 27 heteroatoms. The first-order valence-corrected chi connectivity index (χ1v) is 31.9. The number of rotatable bonds is 39. The lowest BCUT2D eigenvalue weighted by molar-refractivity contribution is -0.880. The Morgan fingerprint density at radius 1 is 0.256 bits per heavy atom. The van der Waals surface area contributed by atoms with E-state index in [2.05, 4.69) is 24.7 Å². The number of alkyl halides is 9. The Kier molecular flexibility index (Phi) is 34.3. The summed E-state index contributed by atoms with van der Waals surface area (Å²) < 4.78 is 335. The molecule has 3 aromatic rings. The summed E-state index contributed by atoms with van der Waals surface area (Å²) in [5.74, 6) is -59.5. The van der Waals surface area contributed by atoms with Gasteiger partial charge < -0.3 is 8.69 Å². The maximum Gasteiger partial charge on any atom is 0.430 e. The van der Waals surface area contributed by atoms with Gasteiger partial charge in [-0.3, -0.25) is 0 Å². The molecule has 0 heterocycles. The molecule has 496 valence electrons. The molecule has 0 aliphatic rings. The Bertz CT molecular complexity index is 2170. The van der Waals surface area contributed by atoms with E-state index in [0.717, 1.165) is 0 Å². The van der Waals surface area contributed by atoms with E-state index in [0.29, 0.717) is 0 Å². The highest BCUT2D eigenvalue weighted by Crippen LogP contribution is 2.56. The zero-order chi connectivity index (χ0) is 65.2. The van der Waals surface area contributed by atoms with Crippen LogP contribution in [0.15, 0.2) is 0 Å². The first-order valence-electron chi connectivity index (χ1n) is 29.7. The summed E-state index contributed by atoms with van der Waals surface area (Å²) in [6.45, 7) is 7.42.